The first kappa shape index (κ1) is 13.7. The molecule has 0 aliphatic heterocycles. The third-order valence-corrected chi connectivity index (χ3v) is 3.84. The van der Waals surface area contributed by atoms with E-state index in [4.69, 9.17) is 29.1 Å². The van der Waals surface area contributed by atoms with Gasteiger partial charge in [-0.3, -0.25) is 0 Å². The van der Waals surface area contributed by atoms with E-state index >= 15 is 0 Å². The molecule has 4 nitrogen and oxygen atoms in total. The molecule has 0 aromatic heterocycles. The summed E-state index contributed by atoms with van der Waals surface area (Å²) in [5, 5.41) is 0. The molecule has 0 saturated carbocycles. The lowest BCUT2D eigenvalue weighted by molar-refractivity contribution is 0.332. The fourth-order valence-corrected chi connectivity index (χ4v) is 3.03. The van der Waals surface area contributed by atoms with E-state index < -0.39 is 15.0 Å². The van der Waals surface area contributed by atoms with Crippen LogP contribution in [-0.4, -0.2) is 8.42 Å². The van der Waals surface area contributed by atoms with Gasteiger partial charge in [0.15, 0.2) is 0 Å². The molecule has 0 bridgehead atoms. The molecule has 90 valence electrons. The van der Waals surface area contributed by atoms with Gasteiger partial charge >= 0.3 is 10.1 Å². The van der Waals surface area contributed by atoms with Crippen LogP contribution in [0.4, 0.5) is 0 Å². The fourth-order valence-electron chi connectivity index (χ4n) is 1.54. The lowest BCUT2D eigenvalue weighted by Crippen LogP contribution is -2.15. The van der Waals surface area contributed by atoms with Gasteiger partial charge in [-0.05, 0) is 19.4 Å². The van der Waals surface area contributed by atoms with E-state index in [0.717, 1.165) is 5.56 Å². The van der Waals surface area contributed by atoms with Crippen molar-refractivity contribution < 1.29 is 12.7 Å². The minimum Gasteiger partial charge on any atom is -0.197 e. The number of rotatable bonds is 3. The van der Waals surface area contributed by atoms with Crippen molar-refractivity contribution in [2.75, 3.05) is 0 Å². The highest BCUT2D eigenvalue weighted by atomic mass is 35.5. The summed E-state index contributed by atoms with van der Waals surface area (Å²) in [5.74, 6) is 4.74. The van der Waals surface area contributed by atoms with Gasteiger partial charge < -0.3 is 0 Å². The lowest BCUT2D eigenvalue weighted by atomic mass is 10.1. The maximum Gasteiger partial charge on any atom is 0.313 e. The first-order chi connectivity index (χ1) is 7.29. The zero-order valence-electron chi connectivity index (χ0n) is 8.70. The first-order valence-electron chi connectivity index (χ1n) is 4.32. The van der Waals surface area contributed by atoms with Gasteiger partial charge in [-0.2, -0.15) is 18.6 Å². The van der Waals surface area contributed by atoms with E-state index in [-0.39, 0.29) is 10.5 Å². The van der Waals surface area contributed by atoms with E-state index in [1.807, 2.05) is 6.92 Å². The maximum atomic E-state index is 11.6. The molecule has 0 heterocycles. The smallest absolute Gasteiger partial charge is 0.197 e. The fraction of sp³-hybridized carbons (Fsp3) is 0.333. The Morgan fingerprint density at radius 3 is 2.31 bits per heavy atom. The summed E-state index contributed by atoms with van der Waals surface area (Å²) in [6.07, 6.45) is 0. The predicted octanol–water partition coefficient (Wildman–Crippen LogP) is 2.36. The van der Waals surface area contributed by atoms with Crippen molar-refractivity contribution in [1.29, 1.82) is 0 Å². The monoisotopic (exact) mass is 283 g/mol. The highest BCUT2D eigenvalue weighted by Crippen LogP contribution is 2.33. The summed E-state index contributed by atoms with van der Waals surface area (Å²) < 4.78 is 27.2. The zero-order valence-corrected chi connectivity index (χ0v) is 11.0. The van der Waals surface area contributed by atoms with Crippen LogP contribution in [0.3, 0.4) is 0 Å². The quantitative estimate of drug-likeness (QED) is 0.683. The van der Waals surface area contributed by atoms with Crippen molar-refractivity contribution in [3.05, 3.63) is 28.8 Å². The molecule has 1 aromatic carbocycles. The molecule has 2 N–H and O–H groups in total. The molecule has 0 atom stereocenters. The Morgan fingerprint density at radius 1 is 1.31 bits per heavy atom. The average molecular weight is 284 g/mol. The highest BCUT2D eigenvalue weighted by molar-refractivity contribution is 7.86. The van der Waals surface area contributed by atoms with Crippen LogP contribution in [-0.2, 0) is 14.4 Å². The van der Waals surface area contributed by atoms with Crippen LogP contribution in [0.2, 0.25) is 0 Å². The second-order valence-electron chi connectivity index (χ2n) is 3.35. The van der Waals surface area contributed by atoms with E-state index in [1.54, 1.807) is 19.1 Å². The molecule has 0 fully saturated rings. The number of hydrogen-bond acceptors (Lipinski definition) is 4. The topological polar surface area (TPSA) is 69.4 Å². The SMILES string of the molecule is Cc1cc(C)c(S(=O)(=O)ON)c(C(Cl)Cl)c1. The highest BCUT2D eigenvalue weighted by Gasteiger charge is 2.24. The molecule has 0 radical (unpaired) electrons. The van der Waals surface area contributed by atoms with Gasteiger partial charge in [0.2, 0.25) is 0 Å². The predicted molar refractivity (Wildman–Crippen MR) is 62.8 cm³/mol. The molecule has 0 unspecified atom stereocenters. The van der Waals surface area contributed by atoms with Crippen molar-refractivity contribution in [3.63, 3.8) is 0 Å². The molecular weight excluding hydrogens is 273 g/mol. The minimum absolute atomic E-state index is 0.0735. The third-order valence-electron chi connectivity index (χ3n) is 2.06. The van der Waals surface area contributed by atoms with Gasteiger partial charge in [0.1, 0.15) is 9.73 Å². The Balaban J connectivity index is 3.61. The molecule has 1 aromatic rings. The number of alkyl halides is 2. The van der Waals surface area contributed by atoms with E-state index in [1.165, 1.54) is 0 Å². The van der Waals surface area contributed by atoms with Crippen molar-refractivity contribution in [2.45, 2.75) is 23.6 Å². The molecule has 7 heteroatoms. The normalized spacial score (nSPS) is 12.1. The lowest BCUT2D eigenvalue weighted by Gasteiger charge is -2.13. The number of nitrogens with two attached hydrogens (primary N) is 1. The van der Waals surface area contributed by atoms with Crippen LogP contribution >= 0.6 is 23.2 Å². The van der Waals surface area contributed by atoms with Crippen molar-refractivity contribution in [2.24, 2.45) is 5.90 Å². The maximum absolute atomic E-state index is 11.6. The van der Waals surface area contributed by atoms with Crippen molar-refractivity contribution >= 4 is 33.3 Å². The van der Waals surface area contributed by atoms with E-state index in [9.17, 15) is 8.42 Å². The van der Waals surface area contributed by atoms with Gasteiger partial charge in [0.25, 0.3) is 0 Å². The Bertz CT molecular complexity index is 500. The summed E-state index contributed by atoms with van der Waals surface area (Å²) >= 11 is 11.4. The number of aryl methyl sites for hydroxylation is 2. The molecular formula is C9H11Cl2NO3S. The molecule has 0 spiro atoms. The van der Waals surface area contributed by atoms with Gasteiger partial charge in [-0.15, -0.1) is 23.2 Å². The van der Waals surface area contributed by atoms with Crippen LogP contribution in [0.25, 0.3) is 0 Å². The van der Waals surface area contributed by atoms with Crippen LogP contribution in [0.15, 0.2) is 17.0 Å². The standard InChI is InChI=1S/C9H11Cl2NO3S/c1-5-3-6(2)8(16(13,14)15-12)7(4-5)9(10)11/h3-4,9H,12H2,1-2H3. The zero-order chi connectivity index (χ0) is 12.5. The first-order valence-corrected chi connectivity index (χ1v) is 6.60. The summed E-state index contributed by atoms with van der Waals surface area (Å²) in [5.41, 5.74) is 1.62. The molecule has 0 saturated heterocycles. The van der Waals surface area contributed by atoms with Gasteiger partial charge in [0, 0.05) is 5.56 Å². The van der Waals surface area contributed by atoms with Crippen LogP contribution < -0.4 is 5.90 Å². The third kappa shape index (κ3) is 2.67. The molecule has 0 aliphatic rings. The summed E-state index contributed by atoms with van der Waals surface area (Å²) in [6.45, 7) is 3.44. The second kappa shape index (κ2) is 4.89. The van der Waals surface area contributed by atoms with Gasteiger partial charge in [0.05, 0.1) is 0 Å². The minimum atomic E-state index is -4.01. The Morgan fingerprint density at radius 2 is 1.88 bits per heavy atom. The Labute approximate surface area is 104 Å². The molecule has 0 amide bonds. The molecule has 16 heavy (non-hydrogen) atoms. The van der Waals surface area contributed by atoms with Crippen molar-refractivity contribution in [3.8, 4) is 0 Å². The number of hydrogen-bond donors (Lipinski definition) is 1. The van der Waals surface area contributed by atoms with Crippen molar-refractivity contribution in [1.82, 2.24) is 0 Å². The second-order valence-corrected chi connectivity index (χ2v) is 5.96. The molecule has 0 aliphatic carbocycles. The summed E-state index contributed by atoms with van der Waals surface area (Å²) in [4.78, 5) is -1.03. The van der Waals surface area contributed by atoms with Gasteiger partial charge in [-0.25, -0.2) is 0 Å². The van der Waals surface area contributed by atoms with Crippen LogP contribution in [0, 0.1) is 13.8 Å². The van der Waals surface area contributed by atoms with E-state index in [0.29, 0.717) is 5.56 Å². The average Bonchev–Trinajstić information content (AvgIpc) is 2.15. The Kier molecular flexibility index (Phi) is 4.20. The van der Waals surface area contributed by atoms with Gasteiger partial charge in [-0.1, -0.05) is 17.7 Å². The van der Waals surface area contributed by atoms with E-state index in [2.05, 4.69) is 4.28 Å². The summed E-state index contributed by atoms with van der Waals surface area (Å²) in [6, 6.07) is 3.27. The number of benzene rings is 1. The summed E-state index contributed by atoms with van der Waals surface area (Å²) in [7, 11) is -4.01. The largest absolute Gasteiger partial charge is 0.313 e. The Hall–Kier alpha value is -0.330. The number of halogens is 2. The van der Waals surface area contributed by atoms with Crippen LogP contribution in [0.5, 0.6) is 0 Å². The molecule has 1 rings (SSSR count). The van der Waals surface area contributed by atoms with Crippen LogP contribution in [0.1, 0.15) is 21.5 Å².